The van der Waals surface area contributed by atoms with Crippen molar-refractivity contribution in [1.29, 1.82) is 0 Å². The molecule has 0 saturated heterocycles. The largest absolute Gasteiger partial charge is 0.282 e. The van der Waals surface area contributed by atoms with Crippen LogP contribution in [0.1, 0.15) is 11.1 Å². The van der Waals surface area contributed by atoms with E-state index in [-0.39, 0.29) is 16.3 Å². The lowest BCUT2D eigenvalue weighted by molar-refractivity contribution is -0.384. The SMILES string of the molecule is O=[N+]([O-])c1ccc(S(=O)(=O)/N=C2/C(c3ccccc3)=Nc3ccccc32)cc1. The third-order valence-corrected chi connectivity index (χ3v) is 5.51. The normalized spacial score (nSPS) is 14.6. The summed E-state index contributed by atoms with van der Waals surface area (Å²) in [5.41, 5.74) is 2.53. The molecule has 28 heavy (non-hydrogen) atoms. The molecule has 0 unspecified atom stereocenters. The highest BCUT2D eigenvalue weighted by molar-refractivity contribution is 7.90. The second kappa shape index (κ2) is 6.82. The molecule has 7 nitrogen and oxygen atoms in total. The summed E-state index contributed by atoms with van der Waals surface area (Å²) >= 11 is 0. The molecule has 1 aliphatic rings. The highest BCUT2D eigenvalue weighted by Crippen LogP contribution is 2.30. The molecule has 3 aromatic rings. The summed E-state index contributed by atoms with van der Waals surface area (Å²) in [5, 5.41) is 10.8. The molecule has 0 spiro atoms. The number of para-hydroxylation sites is 1. The average molecular weight is 391 g/mol. The zero-order chi connectivity index (χ0) is 19.7. The fourth-order valence-electron chi connectivity index (χ4n) is 2.87. The molecule has 0 amide bonds. The Morgan fingerprint density at radius 3 is 2.18 bits per heavy atom. The first-order valence-corrected chi connectivity index (χ1v) is 9.73. The molecule has 0 saturated carbocycles. The summed E-state index contributed by atoms with van der Waals surface area (Å²) in [7, 11) is -4.09. The van der Waals surface area contributed by atoms with Gasteiger partial charge in [-0.2, -0.15) is 12.8 Å². The number of hydrogen-bond acceptors (Lipinski definition) is 5. The highest BCUT2D eigenvalue weighted by Gasteiger charge is 2.27. The summed E-state index contributed by atoms with van der Waals surface area (Å²) in [6.45, 7) is 0. The van der Waals surface area contributed by atoms with Gasteiger partial charge >= 0.3 is 0 Å². The lowest BCUT2D eigenvalue weighted by Gasteiger charge is -2.05. The molecule has 0 N–H and O–H groups in total. The van der Waals surface area contributed by atoms with Crippen LogP contribution in [-0.2, 0) is 10.0 Å². The molecule has 1 heterocycles. The summed E-state index contributed by atoms with van der Waals surface area (Å²) in [6.07, 6.45) is 0. The van der Waals surface area contributed by atoms with Crippen LogP contribution in [-0.4, -0.2) is 24.8 Å². The van der Waals surface area contributed by atoms with Crippen molar-refractivity contribution < 1.29 is 13.3 Å². The number of non-ortho nitro benzene ring substituents is 1. The lowest BCUT2D eigenvalue weighted by atomic mass is 10.0. The maximum atomic E-state index is 12.8. The fraction of sp³-hybridized carbons (Fsp3) is 0. The Hall–Kier alpha value is -3.65. The number of hydrogen-bond donors (Lipinski definition) is 0. The van der Waals surface area contributed by atoms with Gasteiger partial charge in [0.15, 0.2) is 0 Å². The smallest absolute Gasteiger partial charge is 0.258 e. The molecule has 0 aromatic heterocycles. The van der Waals surface area contributed by atoms with E-state index in [4.69, 9.17) is 0 Å². The summed E-state index contributed by atoms with van der Waals surface area (Å²) < 4.78 is 29.7. The van der Waals surface area contributed by atoms with Crippen molar-refractivity contribution in [2.24, 2.45) is 9.39 Å². The van der Waals surface area contributed by atoms with E-state index in [0.717, 1.165) is 17.7 Å². The summed E-state index contributed by atoms with van der Waals surface area (Å²) in [4.78, 5) is 14.6. The van der Waals surface area contributed by atoms with Crippen LogP contribution in [0.15, 0.2) is 93.1 Å². The van der Waals surface area contributed by atoms with Crippen LogP contribution in [0, 0.1) is 10.1 Å². The van der Waals surface area contributed by atoms with Crippen LogP contribution < -0.4 is 0 Å². The Balaban J connectivity index is 1.83. The molecule has 4 rings (SSSR count). The molecule has 0 aliphatic carbocycles. The Kier molecular flexibility index (Phi) is 4.32. The minimum absolute atomic E-state index is 0.123. The highest BCUT2D eigenvalue weighted by atomic mass is 32.2. The number of sulfonamides is 1. The van der Waals surface area contributed by atoms with Crippen LogP contribution in [0.25, 0.3) is 0 Å². The third kappa shape index (κ3) is 3.21. The number of aliphatic imine (C=N–C) groups is 1. The summed E-state index contributed by atoms with van der Waals surface area (Å²) in [5.74, 6) is 0. The molecule has 1 aliphatic heterocycles. The second-order valence-corrected chi connectivity index (χ2v) is 7.61. The number of nitro groups is 1. The standard InChI is InChI=1S/C20H13N3O4S/c24-23(25)15-10-12-16(13-11-15)28(26,27)22-20-17-8-4-5-9-18(17)21-19(20)14-6-2-1-3-7-14/h1-13H/b22-20+. The van der Waals surface area contributed by atoms with Gasteiger partial charge in [-0.15, -0.1) is 0 Å². The molecular weight excluding hydrogens is 378 g/mol. The van der Waals surface area contributed by atoms with E-state index in [1.807, 2.05) is 36.4 Å². The van der Waals surface area contributed by atoms with Gasteiger partial charge in [-0.05, 0) is 18.2 Å². The van der Waals surface area contributed by atoms with Gasteiger partial charge in [-0.1, -0.05) is 48.5 Å². The van der Waals surface area contributed by atoms with Gasteiger partial charge in [0.2, 0.25) is 0 Å². The monoisotopic (exact) mass is 391 g/mol. The van der Waals surface area contributed by atoms with E-state index >= 15 is 0 Å². The Morgan fingerprint density at radius 2 is 1.50 bits per heavy atom. The van der Waals surface area contributed by atoms with Crippen molar-refractivity contribution in [3.63, 3.8) is 0 Å². The topological polar surface area (TPSA) is 102 Å². The van der Waals surface area contributed by atoms with Crippen LogP contribution in [0.4, 0.5) is 11.4 Å². The van der Waals surface area contributed by atoms with Gasteiger partial charge < -0.3 is 0 Å². The van der Waals surface area contributed by atoms with E-state index in [2.05, 4.69) is 9.39 Å². The minimum atomic E-state index is -4.09. The quantitative estimate of drug-likeness (QED) is 0.497. The summed E-state index contributed by atoms with van der Waals surface area (Å²) in [6, 6.07) is 21.0. The van der Waals surface area contributed by atoms with Gasteiger partial charge in [0, 0.05) is 23.3 Å². The predicted molar refractivity (Wildman–Crippen MR) is 106 cm³/mol. The number of rotatable bonds is 4. The first-order chi connectivity index (χ1) is 13.5. The van der Waals surface area contributed by atoms with Crippen LogP contribution in [0.2, 0.25) is 0 Å². The first-order valence-electron chi connectivity index (χ1n) is 8.29. The lowest BCUT2D eigenvalue weighted by Crippen LogP contribution is -2.15. The van der Waals surface area contributed by atoms with Crippen LogP contribution >= 0.6 is 0 Å². The zero-order valence-electron chi connectivity index (χ0n) is 14.4. The van der Waals surface area contributed by atoms with E-state index in [0.29, 0.717) is 17.0 Å². The van der Waals surface area contributed by atoms with Crippen molar-refractivity contribution in [1.82, 2.24) is 0 Å². The van der Waals surface area contributed by atoms with E-state index in [1.54, 1.807) is 18.2 Å². The number of nitrogens with zero attached hydrogens (tertiary/aromatic N) is 3. The predicted octanol–water partition coefficient (Wildman–Crippen LogP) is 3.91. The van der Waals surface area contributed by atoms with Gasteiger partial charge in [0.25, 0.3) is 15.7 Å². The van der Waals surface area contributed by atoms with Gasteiger partial charge in [0.05, 0.1) is 21.2 Å². The van der Waals surface area contributed by atoms with E-state index in [9.17, 15) is 18.5 Å². The zero-order valence-corrected chi connectivity index (χ0v) is 15.2. The number of benzene rings is 3. The Labute approximate surface area is 160 Å². The molecule has 3 aromatic carbocycles. The van der Waals surface area contributed by atoms with Crippen molar-refractivity contribution in [3.05, 3.63) is 100 Å². The number of nitro benzene ring substituents is 1. The first kappa shape index (κ1) is 17.7. The van der Waals surface area contributed by atoms with E-state index in [1.165, 1.54) is 12.1 Å². The molecule has 0 atom stereocenters. The molecule has 0 bridgehead atoms. The second-order valence-electron chi connectivity index (χ2n) is 6.01. The van der Waals surface area contributed by atoms with Gasteiger partial charge in [-0.3, -0.25) is 10.1 Å². The third-order valence-electron chi connectivity index (χ3n) is 4.22. The van der Waals surface area contributed by atoms with Crippen LogP contribution in [0.3, 0.4) is 0 Å². The Bertz CT molecular complexity index is 1230. The fourth-order valence-corrected chi connectivity index (χ4v) is 3.89. The van der Waals surface area contributed by atoms with Gasteiger partial charge in [-0.25, -0.2) is 4.99 Å². The maximum Gasteiger partial charge on any atom is 0.282 e. The Morgan fingerprint density at radius 1 is 0.857 bits per heavy atom. The maximum absolute atomic E-state index is 12.8. The minimum Gasteiger partial charge on any atom is -0.258 e. The van der Waals surface area contributed by atoms with Crippen LogP contribution in [0.5, 0.6) is 0 Å². The molecule has 0 fully saturated rings. The molecular formula is C20H13N3O4S. The van der Waals surface area contributed by atoms with Gasteiger partial charge in [0.1, 0.15) is 5.71 Å². The molecule has 0 radical (unpaired) electrons. The molecule has 8 heteroatoms. The van der Waals surface area contributed by atoms with Crippen molar-refractivity contribution >= 4 is 32.8 Å². The van der Waals surface area contributed by atoms with Crippen molar-refractivity contribution in [2.75, 3.05) is 0 Å². The molecule has 138 valence electrons. The van der Waals surface area contributed by atoms with Crippen molar-refractivity contribution in [2.45, 2.75) is 4.90 Å². The van der Waals surface area contributed by atoms with Crippen molar-refractivity contribution in [3.8, 4) is 0 Å². The number of fused-ring (bicyclic) bond motifs is 1. The van der Waals surface area contributed by atoms with E-state index < -0.39 is 14.9 Å². The average Bonchev–Trinajstić information content (AvgIpc) is 3.07.